The van der Waals surface area contributed by atoms with E-state index < -0.39 is 0 Å². The molecule has 0 aliphatic carbocycles. The standard InChI is InChI=1S/C10H8N2/c1-2-7-12-10-6-4-3-5-9(10)8-11/h1,3-6,12H,7H2. The summed E-state index contributed by atoms with van der Waals surface area (Å²) in [6, 6.07) is 9.33. The normalized spacial score (nSPS) is 8.17. The van der Waals surface area contributed by atoms with Gasteiger partial charge in [0.2, 0.25) is 0 Å². The second-order valence-electron chi connectivity index (χ2n) is 2.22. The summed E-state index contributed by atoms with van der Waals surface area (Å²) in [5, 5.41) is 11.6. The van der Waals surface area contributed by atoms with E-state index in [1.54, 1.807) is 6.07 Å². The second-order valence-corrected chi connectivity index (χ2v) is 2.22. The fraction of sp³-hybridized carbons (Fsp3) is 0.100. The minimum atomic E-state index is 0.443. The lowest BCUT2D eigenvalue weighted by Gasteiger charge is -2.02. The van der Waals surface area contributed by atoms with Gasteiger partial charge in [-0.25, -0.2) is 0 Å². The van der Waals surface area contributed by atoms with Gasteiger partial charge in [-0.15, -0.1) is 6.42 Å². The van der Waals surface area contributed by atoms with Crippen molar-refractivity contribution < 1.29 is 0 Å². The molecule has 0 fully saturated rings. The number of rotatable bonds is 2. The molecule has 12 heavy (non-hydrogen) atoms. The topological polar surface area (TPSA) is 35.8 Å². The van der Waals surface area contributed by atoms with Crippen molar-refractivity contribution >= 4 is 5.69 Å². The number of nitrogens with one attached hydrogen (secondary N) is 1. The van der Waals surface area contributed by atoms with Gasteiger partial charge in [-0.1, -0.05) is 18.1 Å². The van der Waals surface area contributed by atoms with Crippen LogP contribution in [0, 0.1) is 23.7 Å². The minimum absolute atomic E-state index is 0.443. The Hall–Kier alpha value is -1.93. The van der Waals surface area contributed by atoms with E-state index in [4.69, 9.17) is 11.7 Å². The molecule has 1 rings (SSSR count). The molecule has 0 saturated carbocycles. The number of benzene rings is 1. The summed E-state index contributed by atoms with van der Waals surface area (Å²) < 4.78 is 0. The number of hydrogen-bond acceptors (Lipinski definition) is 2. The SMILES string of the molecule is C#CCNc1ccccc1C#N. The lowest BCUT2D eigenvalue weighted by Crippen LogP contribution is -1.99. The molecule has 0 aliphatic rings. The summed E-state index contributed by atoms with van der Waals surface area (Å²) in [6.07, 6.45) is 5.07. The van der Waals surface area contributed by atoms with Crippen LogP contribution in [0.3, 0.4) is 0 Å². The Labute approximate surface area is 71.8 Å². The van der Waals surface area contributed by atoms with Crippen LogP contribution in [0.1, 0.15) is 5.56 Å². The molecular formula is C10H8N2. The van der Waals surface area contributed by atoms with Gasteiger partial charge in [0, 0.05) is 0 Å². The highest BCUT2D eigenvalue weighted by Gasteiger charge is 1.96. The van der Waals surface area contributed by atoms with E-state index in [2.05, 4.69) is 17.3 Å². The number of anilines is 1. The van der Waals surface area contributed by atoms with Gasteiger partial charge in [0.1, 0.15) is 6.07 Å². The predicted octanol–water partition coefficient (Wildman–Crippen LogP) is 1.60. The predicted molar refractivity (Wildman–Crippen MR) is 48.5 cm³/mol. The fourth-order valence-electron chi connectivity index (χ4n) is 0.881. The Morgan fingerprint density at radius 2 is 2.17 bits per heavy atom. The summed E-state index contributed by atoms with van der Waals surface area (Å²) in [4.78, 5) is 0. The maximum absolute atomic E-state index is 8.68. The van der Waals surface area contributed by atoms with Gasteiger partial charge in [-0.2, -0.15) is 5.26 Å². The first-order valence-corrected chi connectivity index (χ1v) is 3.55. The van der Waals surface area contributed by atoms with E-state index in [0.29, 0.717) is 12.1 Å². The summed E-state index contributed by atoms with van der Waals surface area (Å²) in [7, 11) is 0. The first-order chi connectivity index (χ1) is 5.88. The average molecular weight is 156 g/mol. The van der Waals surface area contributed by atoms with Crippen LogP contribution in [0.2, 0.25) is 0 Å². The van der Waals surface area contributed by atoms with Crippen molar-refractivity contribution in [3.63, 3.8) is 0 Å². The van der Waals surface area contributed by atoms with E-state index in [1.165, 1.54) is 0 Å². The number of terminal acetylenes is 1. The third kappa shape index (κ3) is 1.78. The van der Waals surface area contributed by atoms with Crippen LogP contribution >= 0.6 is 0 Å². The van der Waals surface area contributed by atoms with Gasteiger partial charge < -0.3 is 5.32 Å². The zero-order valence-corrected chi connectivity index (χ0v) is 6.54. The highest BCUT2D eigenvalue weighted by molar-refractivity contribution is 5.57. The van der Waals surface area contributed by atoms with E-state index in [9.17, 15) is 0 Å². The van der Waals surface area contributed by atoms with Crippen LogP contribution in [0.15, 0.2) is 24.3 Å². The van der Waals surface area contributed by atoms with Gasteiger partial charge in [0.15, 0.2) is 0 Å². The number of nitrogens with zero attached hydrogens (tertiary/aromatic N) is 1. The Bertz CT molecular complexity index is 342. The molecule has 0 unspecified atom stereocenters. The van der Waals surface area contributed by atoms with Crippen LogP contribution in [0.5, 0.6) is 0 Å². The van der Waals surface area contributed by atoms with Crippen molar-refractivity contribution in [1.82, 2.24) is 0 Å². The molecule has 1 aromatic carbocycles. The van der Waals surface area contributed by atoms with Gasteiger partial charge in [0.05, 0.1) is 17.8 Å². The molecule has 0 aromatic heterocycles. The summed E-state index contributed by atoms with van der Waals surface area (Å²) in [5.41, 5.74) is 1.41. The Kier molecular flexibility index (Phi) is 2.76. The molecule has 0 spiro atoms. The smallest absolute Gasteiger partial charge is 0.101 e. The third-order valence-corrected chi connectivity index (χ3v) is 1.43. The average Bonchev–Trinajstić information content (AvgIpc) is 2.15. The van der Waals surface area contributed by atoms with E-state index in [-0.39, 0.29) is 0 Å². The molecular weight excluding hydrogens is 148 g/mol. The third-order valence-electron chi connectivity index (χ3n) is 1.43. The van der Waals surface area contributed by atoms with Gasteiger partial charge in [0.25, 0.3) is 0 Å². The Balaban J connectivity index is 2.86. The Morgan fingerprint density at radius 3 is 2.83 bits per heavy atom. The van der Waals surface area contributed by atoms with Crippen molar-refractivity contribution in [2.75, 3.05) is 11.9 Å². The first kappa shape index (κ1) is 8.17. The van der Waals surface area contributed by atoms with Crippen molar-refractivity contribution in [1.29, 1.82) is 5.26 Å². The molecule has 1 aromatic rings. The summed E-state index contributed by atoms with van der Waals surface area (Å²) in [5.74, 6) is 2.45. The molecule has 1 N–H and O–H groups in total. The molecule has 0 amide bonds. The quantitative estimate of drug-likeness (QED) is 0.660. The largest absolute Gasteiger partial charge is 0.373 e. The summed E-state index contributed by atoms with van der Waals surface area (Å²) in [6.45, 7) is 0.443. The van der Waals surface area contributed by atoms with E-state index in [0.717, 1.165) is 5.69 Å². The number of nitriles is 1. The van der Waals surface area contributed by atoms with Crippen molar-refractivity contribution in [2.24, 2.45) is 0 Å². The van der Waals surface area contributed by atoms with Crippen molar-refractivity contribution in [2.45, 2.75) is 0 Å². The van der Waals surface area contributed by atoms with E-state index in [1.807, 2.05) is 18.2 Å². The zero-order chi connectivity index (χ0) is 8.81. The van der Waals surface area contributed by atoms with Crippen LogP contribution in [0.25, 0.3) is 0 Å². The second kappa shape index (κ2) is 4.05. The molecule has 0 bridgehead atoms. The van der Waals surface area contributed by atoms with Crippen molar-refractivity contribution in [3.8, 4) is 18.4 Å². The van der Waals surface area contributed by atoms with Crippen LogP contribution in [-0.4, -0.2) is 6.54 Å². The first-order valence-electron chi connectivity index (χ1n) is 3.55. The number of para-hydroxylation sites is 1. The molecule has 0 radical (unpaired) electrons. The number of hydrogen-bond donors (Lipinski definition) is 1. The van der Waals surface area contributed by atoms with Crippen LogP contribution in [0.4, 0.5) is 5.69 Å². The van der Waals surface area contributed by atoms with E-state index >= 15 is 0 Å². The monoisotopic (exact) mass is 156 g/mol. The minimum Gasteiger partial charge on any atom is -0.373 e. The molecule has 0 saturated heterocycles. The molecule has 0 aliphatic heterocycles. The maximum atomic E-state index is 8.68. The highest BCUT2D eigenvalue weighted by atomic mass is 14.9. The molecule has 0 heterocycles. The van der Waals surface area contributed by atoms with Crippen LogP contribution < -0.4 is 5.32 Å². The molecule has 2 nitrogen and oxygen atoms in total. The fourth-order valence-corrected chi connectivity index (χ4v) is 0.881. The lowest BCUT2D eigenvalue weighted by atomic mass is 10.2. The molecule has 2 heteroatoms. The van der Waals surface area contributed by atoms with Crippen LogP contribution in [-0.2, 0) is 0 Å². The zero-order valence-electron chi connectivity index (χ0n) is 6.54. The lowest BCUT2D eigenvalue weighted by molar-refractivity contribution is 1.36. The molecule has 58 valence electrons. The van der Waals surface area contributed by atoms with Gasteiger partial charge >= 0.3 is 0 Å². The summed E-state index contributed by atoms with van der Waals surface area (Å²) >= 11 is 0. The maximum Gasteiger partial charge on any atom is 0.101 e. The van der Waals surface area contributed by atoms with Gasteiger partial charge in [-0.3, -0.25) is 0 Å². The highest BCUT2D eigenvalue weighted by Crippen LogP contribution is 2.12. The van der Waals surface area contributed by atoms with Crippen molar-refractivity contribution in [3.05, 3.63) is 29.8 Å². The van der Waals surface area contributed by atoms with Gasteiger partial charge in [-0.05, 0) is 12.1 Å². The Morgan fingerprint density at radius 1 is 1.42 bits per heavy atom. The molecule has 0 atom stereocenters.